The van der Waals surface area contributed by atoms with Crippen LogP contribution in [-0.4, -0.2) is 24.6 Å². The van der Waals surface area contributed by atoms with Crippen molar-refractivity contribution in [3.63, 3.8) is 0 Å². The van der Waals surface area contributed by atoms with Gasteiger partial charge in [0.05, 0.1) is 12.4 Å². The number of amides is 1. The summed E-state index contributed by atoms with van der Waals surface area (Å²) in [7, 11) is 2.87. The van der Waals surface area contributed by atoms with E-state index in [-0.39, 0.29) is 29.7 Å². The molecule has 0 aliphatic carbocycles. The number of aryl methyl sites for hydroxylation is 2. The number of fused-ring (bicyclic) bond motifs is 1. The van der Waals surface area contributed by atoms with Gasteiger partial charge < -0.3 is 9.88 Å². The van der Waals surface area contributed by atoms with Crippen molar-refractivity contribution in [1.29, 1.82) is 5.26 Å². The Morgan fingerprint density at radius 3 is 2.67 bits per heavy atom. The van der Waals surface area contributed by atoms with E-state index in [0.29, 0.717) is 12.5 Å². The van der Waals surface area contributed by atoms with Gasteiger partial charge in [0.2, 0.25) is 5.91 Å². The number of aromatic nitrogens is 4. The number of hydrogen-bond acceptors (Lipinski definition) is 5. The number of nitrogens with one attached hydrogen (secondary N) is 1. The van der Waals surface area contributed by atoms with Crippen molar-refractivity contribution in [2.75, 3.05) is 0 Å². The van der Waals surface area contributed by atoms with Gasteiger partial charge in [0.1, 0.15) is 17.7 Å². The van der Waals surface area contributed by atoms with Crippen molar-refractivity contribution in [3.8, 4) is 6.07 Å². The molecule has 0 spiro atoms. The summed E-state index contributed by atoms with van der Waals surface area (Å²) in [5, 5.41) is 11.6. The van der Waals surface area contributed by atoms with Crippen molar-refractivity contribution >= 4 is 17.1 Å². The van der Waals surface area contributed by atoms with E-state index in [0.717, 1.165) is 16.7 Å². The minimum Gasteiger partial charge on any atom is -0.337 e. The molecule has 3 rings (SSSR count). The molecule has 1 N–H and O–H groups in total. The first kappa shape index (κ1) is 20.9. The molecule has 0 aliphatic heterocycles. The van der Waals surface area contributed by atoms with Crippen molar-refractivity contribution in [3.05, 3.63) is 62.6 Å². The Kier molecular flexibility index (Phi) is 5.77. The minimum atomic E-state index is -1.26. The molecular weight excluding hydrogens is 398 g/mol. The van der Waals surface area contributed by atoms with Crippen LogP contribution >= 0.6 is 0 Å². The fourth-order valence-corrected chi connectivity index (χ4v) is 3.12. The fraction of sp³-hybridized carbons (Fsp3) is 0.316. The largest absolute Gasteiger partial charge is 0.337 e. The summed E-state index contributed by atoms with van der Waals surface area (Å²) in [5.41, 5.74) is -0.636. The van der Waals surface area contributed by atoms with Crippen LogP contribution in [0, 0.1) is 23.0 Å². The molecule has 0 saturated heterocycles. The first-order valence-electron chi connectivity index (χ1n) is 8.99. The molecule has 0 bridgehead atoms. The molecule has 1 amide bonds. The van der Waals surface area contributed by atoms with E-state index in [1.807, 2.05) is 0 Å². The van der Waals surface area contributed by atoms with E-state index >= 15 is 0 Å². The highest BCUT2D eigenvalue weighted by Gasteiger charge is 2.19. The SMILES string of the molecule is Cn1c(=O)c2c(ncn2CCCC(=O)NC(C#N)c2ccc(F)cc2F)n(C)c1=O. The van der Waals surface area contributed by atoms with Crippen molar-refractivity contribution in [1.82, 2.24) is 24.0 Å². The summed E-state index contributed by atoms with van der Waals surface area (Å²) in [6.45, 7) is 0.263. The molecule has 0 saturated carbocycles. The molecule has 3 aromatic rings. The standard InChI is InChI=1S/C19H18F2N6O3/c1-25-17-16(18(29)26(2)19(25)30)27(10-23-17)7-3-4-15(28)24-14(9-22)12-6-5-11(20)8-13(12)21/h5-6,8,10,14H,3-4,7H2,1-2H3,(H,24,28). The van der Waals surface area contributed by atoms with E-state index in [1.165, 1.54) is 25.0 Å². The van der Waals surface area contributed by atoms with Crippen LogP contribution in [0.5, 0.6) is 0 Å². The summed E-state index contributed by atoms with van der Waals surface area (Å²) in [4.78, 5) is 40.6. The van der Waals surface area contributed by atoms with Gasteiger partial charge in [-0.3, -0.25) is 18.7 Å². The molecule has 156 valence electrons. The monoisotopic (exact) mass is 416 g/mol. The zero-order valence-corrected chi connectivity index (χ0v) is 16.2. The Labute approximate surface area is 168 Å². The van der Waals surface area contributed by atoms with E-state index in [1.54, 1.807) is 10.6 Å². The van der Waals surface area contributed by atoms with Crippen molar-refractivity contribution < 1.29 is 13.6 Å². The van der Waals surface area contributed by atoms with Gasteiger partial charge in [-0.2, -0.15) is 5.26 Å². The zero-order valence-electron chi connectivity index (χ0n) is 16.2. The number of imidazole rings is 1. The molecular formula is C19H18F2N6O3. The number of benzene rings is 1. The lowest BCUT2D eigenvalue weighted by Gasteiger charge is -2.13. The second-order valence-electron chi connectivity index (χ2n) is 6.71. The summed E-state index contributed by atoms with van der Waals surface area (Å²) in [6.07, 6.45) is 1.70. The van der Waals surface area contributed by atoms with Gasteiger partial charge in [-0.25, -0.2) is 18.6 Å². The Morgan fingerprint density at radius 1 is 1.27 bits per heavy atom. The molecule has 1 atom stereocenters. The molecule has 0 aliphatic rings. The highest BCUT2D eigenvalue weighted by Crippen LogP contribution is 2.18. The van der Waals surface area contributed by atoms with Crippen LogP contribution in [0.4, 0.5) is 8.78 Å². The Hall–Kier alpha value is -3.81. The van der Waals surface area contributed by atoms with Gasteiger partial charge in [0.25, 0.3) is 5.56 Å². The van der Waals surface area contributed by atoms with Gasteiger partial charge in [0.15, 0.2) is 11.2 Å². The molecule has 1 unspecified atom stereocenters. The topological polar surface area (TPSA) is 115 Å². The lowest BCUT2D eigenvalue weighted by molar-refractivity contribution is -0.121. The number of nitriles is 1. The van der Waals surface area contributed by atoms with Crippen LogP contribution in [0.25, 0.3) is 11.2 Å². The number of carbonyl (C=O) groups excluding carboxylic acids is 1. The average Bonchev–Trinajstić information content (AvgIpc) is 3.13. The predicted octanol–water partition coefficient (Wildman–Crippen LogP) is 0.873. The lowest BCUT2D eigenvalue weighted by atomic mass is 10.1. The quantitative estimate of drug-likeness (QED) is 0.641. The van der Waals surface area contributed by atoms with Crippen LogP contribution in [-0.2, 0) is 25.4 Å². The van der Waals surface area contributed by atoms with E-state index in [4.69, 9.17) is 0 Å². The predicted molar refractivity (Wildman–Crippen MR) is 102 cm³/mol. The number of hydrogen-bond donors (Lipinski definition) is 1. The first-order chi connectivity index (χ1) is 14.2. The summed E-state index contributed by atoms with van der Waals surface area (Å²) in [5.74, 6) is -2.21. The summed E-state index contributed by atoms with van der Waals surface area (Å²) in [6, 6.07) is 3.28. The molecule has 2 aromatic heterocycles. The summed E-state index contributed by atoms with van der Waals surface area (Å²) < 4.78 is 30.7. The van der Waals surface area contributed by atoms with Crippen LogP contribution in [0.15, 0.2) is 34.1 Å². The van der Waals surface area contributed by atoms with E-state index < -0.39 is 34.8 Å². The third kappa shape index (κ3) is 3.84. The number of carbonyl (C=O) groups is 1. The maximum Gasteiger partial charge on any atom is 0.332 e. The van der Waals surface area contributed by atoms with Crippen molar-refractivity contribution in [2.24, 2.45) is 14.1 Å². The third-order valence-corrected chi connectivity index (χ3v) is 4.73. The maximum absolute atomic E-state index is 13.8. The molecule has 11 heteroatoms. The van der Waals surface area contributed by atoms with Crippen molar-refractivity contribution in [2.45, 2.75) is 25.4 Å². The normalized spacial score (nSPS) is 12.0. The van der Waals surface area contributed by atoms with E-state index in [2.05, 4.69) is 10.3 Å². The molecule has 30 heavy (non-hydrogen) atoms. The Morgan fingerprint density at radius 2 is 2.00 bits per heavy atom. The second kappa shape index (κ2) is 8.28. The smallest absolute Gasteiger partial charge is 0.332 e. The molecule has 2 heterocycles. The highest BCUT2D eigenvalue weighted by atomic mass is 19.1. The maximum atomic E-state index is 13.8. The van der Waals surface area contributed by atoms with E-state index in [9.17, 15) is 28.4 Å². The first-order valence-corrected chi connectivity index (χ1v) is 8.99. The van der Waals surface area contributed by atoms with Gasteiger partial charge in [-0.15, -0.1) is 0 Å². The number of halogens is 2. The average molecular weight is 416 g/mol. The van der Waals surface area contributed by atoms with Crippen LogP contribution in [0.3, 0.4) is 0 Å². The van der Waals surface area contributed by atoms with Gasteiger partial charge in [-0.05, 0) is 12.5 Å². The second-order valence-corrected chi connectivity index (χ2v) is 6.71. The third-order valence-electron chi connectivity index (χ3n) is 4.73. The Bertz CT molecular complexity index is 1280. The van der Waals surface area contributed by atoms with Gasteiger partial charge in [0, 0.05) is 38.7 Å². The molecule has 1 aromatic carbocycles. The molecule has 0 radical (unpaired) electrons. The van der Waals surface area contributed by atoms with Crippen LogP contribution in [0.1, 0.15) is 24.4 Å². The minimum absolute atomic E-state index is 0.00720. The van der Waals surface area contributed by atoms with Crippen LogP contribution in [0.2, 0.25) is 0 Å². The fourth-order valence-electron chi connectivity index (χ4n) is 3.12. The number of nitrogens with zero attached hydrogens (tertiary/aromatic N) is 5. The van der Waals surface area contributed by atoms with Gasteiger partial charge in [-0.1, -0.05) is 6.07 Å². The summed E-state index contributed by atoms with van der Waals surface area (Å²) >= 11 is 0. The molecule has 0 fully saturated rings. The van der Waals surface area contributed by atoms with Crippen LogP contribution < -0.4 is 16.6 Å². The van der Waals surface area contributed by atoms with Gasteiger partial charge >= 0.3 is 5.69 Å². The molecule has 9 nitrogen and oxygen atoms in total. The highest BCUT2D eigenvalue weighted by molar-refractivity contribution is 5.77. The Balaban J connectivity index is 1.68. The lowest BCUT2D eigenvalue weighted by Crippen LogP contribution is -2.37. The zero-order chi connectivity index (χ0) is 22.0. The number of rotatable bonds is 6.